The molecule has 1 aromatic heterocycles. The number of nitrogens with one attached hydrogen (secondary N) is 2. The third-order valence-electron chi connectivity index (χ3n) is 4.71. The Kier molecular flexibility index (Phi) is 5.83. The minimum atomic E-state index is -0.200. The van der Waals surface area contributed by atoms with Gasteiger partial charge in [0, 0.05) is 26.3 Å². The standard InChI is InChI=1S/C16H28N4O2/c1-3-13-11-14(20(2)19-13)18-15(22)17-12-16(9-10-21)7-5-4-6-8-16/h11,21H,3-10,12H2,1-2H3,(H2,17,18,22). The molecule has 0 radical (unpaired) electrons. The number of aliphatic hydroxyl groups is 1. The maximum Gasteiger partial charge on any atom is 0.320 e. The van der Waals surface area contributed by atoms with Crippen LogP contribution < -0.4 is 10.6 Å². The molecule has 0 bridgehead atoms. The Morgan fingerprint density at radius 2 is 2.14 bits per heavy atom. The van der Waals surface area contributed by atoms with E-state index < -0.39 is 0 Å². The van der Waals surface area contributed by atoms with Crippen LogP contribution in [0.3, 0.4) is 0 Å². The second-order valence-electron chi connectivity index (χ2n) is 6.34. The van der Waals surface area contributed by atoms with Gasteiger partial charge in [-0.2, -0.15) is 5.10 Å². The molecule has 0 atom stereocenters. The summed E-state index contributed by atoms with van der Waals surface area (Å²) in [5.41, 5.74) is 1.02. The molecule has 2 amide bonds. The van der Waals surface area contributed by atoms with Gasteiger partial charge in [0.05, 0.1) is 5.69 Å². The first kappa shape index (κ1) is 16.8. The van der Waals surface area contributed by atoms with Gasteiger partial charge in [0.2, 0.25) is 0 Å². The quantitative estimate of drug-likeness (QED) is 0.755. The number of carbonyl (C=O) groups is 1. The Morgan fingerprint density at radius 1 is 1.41 bits per heavy atom. The zero-order valence-corrected chi connectivity index (χ0v) is 13.7. The average Bonchev–Trinajstić information content (AvgIpc) is 2.87. The lowest BCUT2D eigenvalue weighted by Gasteiger charge is -2.37. The normalized spacial score (nSPS) is 17.2. The summed E-state index contributed by atoms with van der Waals surface area (Å²) in [4.78, 5) is 12.1. The summed E-state index contributed by atoms with van der Waals surface area (Å²) in [6.45, 7) is 2.84. The zero-order chi connectivity index (χ0) is 16.0. The Balaban J connectivity index is 1.89. The maximum atomic E-state index is 12.1. The minimum Gasteiger partial charge on any atom is -0.396 e. The summed E-state index contributed by atoms with van der Waals surface area (Å²) >= 11 is 0. The van der Waals surface area contributed by atoms with Crippen LogP contribution in [-0.4, -0.2) is 34.1 Å². The highest BCUT2D eigenvalue weighted by molar-refractivity contribution is 5.88. The number of nitrogens with zero attached hydrogens (tertiary/aromatic N) is 2. The fourth-order valence-electron chi connectivity index (χ4n) is 3.30. The summed E-state index contributed by atoms with van der Waals surface area (Å²) in [5.74, 6) is 0.703. The van der Waals surface area contributed by atoms with Gasteiger partial charge < -0.3 is 10.4 Å². The largest absolute Gasteiger partial charge is 0.396 e. The van der Waals surface area contributed by atoms with Crippen LogP contribution in [-0.2, 0) is 13.5 Å². The fourth-order valence-corrected chi connectivity index (χ4v) is 3.30. The first-order valence-electron chi connectivity index (χ1n) is 8.27. The summed E-state index contributed by atoms with van der Waals surface area (Å²) in [6, 6.07) is 1.69. The van der Waals surface area contributed by atoms with E-state index in [1.807, 2.05) is 20.0 Å². The molecule has 1 saturated carbocycles. The third kappa shape index (κ3) is 4.22. The van der Waals surface area contributed by atoms with E-state index in [0.717, 1.165) is 31.4 Å². The third-order valence-corrected chi connectivity index (χ3v) is 4.71. The second-order valence-corrected chi connectivity index (χ2v) is 6.34. The summed E-state index contributed by atoms with van der Waals surface area (Å²) < 4.78 is 1.68. The molecule has 1 aliphatic rings. The predicted molar refractivity (Wildman–Crippen MR) is 86.8 cm³/mol. The SMILES string of the molecule is CCc1cc(NC(=O)NCC2(CCO)CCCCC2)n(C)n1. The van der Waals surface area contributed by atoms with Crippen molar-refractivity contribution in [3.8, 4) is 0 Å². The van der Waals surface area contributed by atoms with Crippen molar-refractivity contribution in [2.75, 3.05) is 18.5 Å². The molecule has 0 saturated heterocycles. The molecule has 1 heterocycles. The van der Waals surface area contributed by atoms with Crippen molar-refractivity contribution in [2.24, 2.45) is 12.5 Å². The molecule has 0 spiro atoms. The van der Waals surface area contributed by atoms with E-state index in [1.165, 1.54) is 19.3 Å². The Bertz CT molecular complexity index is 487. The molecule has 124 valence electrons. The fraction of sp³-hybridized carbons (Fsp3) is 0.750. The molecule has 0 aromatic carbocycles. The van der Waals surface area contributed by atoms with Crippen molar-refractivity contribution in [1.29, 1.82) is 0 Å². The van der Waals surface area contributed by atoms with Crippen molar-refractivity contribution in [3.63, 3.8) is 0 Å². The van der Waals surface area contributed by atoms with Gasteiger partial charge in [0.15, 0.2) is 0 Å². The Labute approximate surface area is 132 Å². The first-order chi connectivity index (χ1) is 10.6. The summed E-state index contributed by atoms with van der Waals surface area (Å²) in [5, 5.41) is 19.5. The number of amides is 2. The van der Waals surface area contributed by atoms with E-state index in [-0.39, 0.29) is 18.1 Å². The number of hydrogen-bond acceptors (Lipinski definition) is 3. The molecular formula is C16H28N4O2. The van der Waals surface area contributed by atoms with Gasteiger partial charge in [-0.3, -0.25) is 10.00 Å². The van der Waals surface area contributed by atoms with Gasteiger partial charge in [-0.15, -0.1) is 0 Å². The van der Waals surface area contributed by atoms with Crippen molar-refractivity contribution in [3.05, 3.63) is 11.8 Å². The van der Waals surface area contributed by atoms with Crippen molar-refractivity contribution >= 4 is 11.8 Å². The Morgan fingerprint density at radius 3 is 2.73 bits per heavy atom. The number of carbonyl (C=O) groups excluding carboxylic acids is 1. The van der Waals surface area contributed by atoms with Crippen LogP contribution in [0.1, 0.15) is 51.1 Å². The highest BCUT2D eigenvalue weighted by atomic mass is 16.3. The number of anilines is 1. The number of urea groups is 1. The van der Waals surface area contributed by atoms with E-state index >= 15 is 0 Å². The lowest BCUT2D eigenvalue weighted by Crippen LogP contribution is -2.41. The monoisotopic (exact) mass is 308 g/mol. The highest BCUT2D eigenvalue weighted by Crippen LogP contribution is 2.38. The summed E-state index contributed by atoms with van der Waals surface area (Å²) in [6.07, 6.45) is 7.40. The van der Waals surface area contributed by atoms with Crippen LogP contribution in [0.5, 0.6) is 0 Å². The van der Waals surface area contributed by atoms with E-state index in [2.05, 4.69) is 15.7 Å². The van der Waals surface area contributed by atoms with E-state index in [4.69, 9.17) is 0 Å². The smallest absolute Gasteiger partial charge is 0.320 e. The van der Waals surface area contributed by atoms with E-state index in [1.54, 1.807) is 4.68 Å². The van der Waals surface area contributed by atoms with Gasteiger partial charge in [0.25, 0.3) is 0 Å². The molecule has 0 aliphatic heterocycles. The molecule has 0 unspecified atom stereocenters. The molecular weight excluding hydrogens is 280 g/mol. The lowest BCUT2D eigenvalue weighted by molar-refractivity contribution is 0.128. The van der Waals surface area contributed by atoms with Gasteiger partial charge in [0.1, 0.15) is 5.82 Å². The topological polar surface area (TPSA) is 79.2 Å². The van der Waals surface area contributed by atoms with E-state index in [0.29, 0.717) is 12.4 Å². The maximum absolute atomic E-state index is 12.1. The highest BCUT2D eigenvalue weighted by Gasteiger charge is 2.31. The molecule has 6 nitrogen and oxygen atoms in total. The number of hydrogen-bond donors (Lipinski definition) is 3. The molecule has 2 rings (SSSR count). The van der Waals surface area contributed by atoms with Crippen molar-refractivity contribution < 1.29 is 9.90 Å². The van der Waals surface area contributed by atoms with Crippen LogP contribution in [0, 0.1) is 5.41 Å². The molecule has 1 fully saturated rings. The zero-order valence-electron chi connectivity index (χ0n) is 13.7. The summed E-state index contributed by atoms with van der Waals surface area (Å²) in [7, 11) is 1.82. The average molecular weight is 308 g/mol. The van der Waals surface area contributed by atoms with Crippen molar-refractivity contribution in [1.82, 2.24) is 15.1 Å². The van der Waals surface area contributed by atoms with Crippen LogP contribution in [0.15, 0.2) is 6.07 Å². The van der Waals surface area contributed by atoms with Gasteiger partial charge in [-0.25, -0.2) is 4.79 Å². The van der Waals surface area contributed by atoms with Crippen LogP contribution >= 0.6 is 0 Å². The number of rotatable bonds is 6. The van der Waals surface area contributed by atoms with E-state index in [9.17, 15) is 9.90 Å². The Hall–Kier alpha value is -1.56. The van der Waals surface area contributed by atoms with Crippen LogP contribution in [0.2, 0.25) is 0 Å². The molecule has 6 heteroatoms. The van der Waals surface area contributed by atoms with Gasteiger partial charge in [-0.1, -0.05) is 26.2 Å². The molecule has 1 aliphatic carbocycles. The van der Waals surface area contributed by atoms with Crippen LogP contribution in [0.25, 0.3) is 0 Å². The number of aryl methyl sites for hydroxylation is 2. The first-order valence-corrected chi connectivity index (χ1v) is 8.27. The lowest BCUT2D eigenvalue weighted by atomic mass is 9.72. The molecule has 22 heavy (non-hydrogen) atoms. The van der Waals surface area contributed by atoms with Gasteiger partial charge >= 0.3 is 6.03 Å². The predicted octanol–water partition coefficient (Wildman–Crippen LogP) is 2.44. The van der Waals surface area contributed by atoms with Gasteiger partial charge in [-0.05, 0) is 31.1 Å². The van der Waals surface area contributed by atoms with Crippen LogP contribution in [0.4, 0.5) is 10.6 Å². The minimum absolute atomic E-state index is 0.0609. The number of aliphatic hydroxyl groups excluding tert-OH is 1. The molecule has 1 aromatic rings. The molecule has 3 N–H and O–H groups in total. The second kappa shape index (κ2) is 7.63. The number of aromatic nitrogens is 2. The van der Waals surface area contributed by atoms with Crippen molar-refractivity contribution in [2.45, 2.75) is 51.9 Å².